The van der Waals surface area contributed by atoms with Gasteiger partial charge >= 0.3 is 0 Å². The highest BCUT2D eigenvalue weighted by Crippen LogP contribution is 2.05. The van der Waals surface area contributed by atoms with Crippen molar-refractivity contribution in [2.45, 2.75) is 38.0 Å². The first-order valence-electron chi connectivity index (χ1n) is 4.75. The summed E-state index contributed by atoms with van der Waals surface area (Å²) in [6, 6.07) is 0.0587. The van der Waals surface area contributed by atoms with Crippen LogP contribution < -0.4 is 5.73 Å². The summed E-state index contributed by atoms with van der Waals surface area (Å²) in [6.07, 6.45) is 1.74. The summed E-state index contributed by atoms with van der Waals surface area (Å²) >= 11 is 0. The van der Waals surface area contributed by atoms with E-state index in [1.807, 2.05) is 13.8 Å². The second-order valence-corrected chi connectivity index (χ2v) is 5.12. The third-order valence-electron chi connectivity index (χ3n) is 2.18. The third kappa shape index (κ3) is 5.39. The maximum Gasteiger partial charge on any atom is 0.0471 e. The lowest BCUT2D eigenvalue weighted by atomic mass is 10.2. The van der Waals surface area contributed by atoms with Crippen LogP contribution in [0.15, 0.2) is 0 Å². The van der Waals surface area contributed by atoms with Gasteiger partial charge in [-0.3, -0.25) is 4.21 Å². The molecule has 0 aromatic carbocycles. The molecule has 13 heavy (non-hydrogen) atoms. The van der Waals surface area contributed by atoms with Crippen LogP contribution in [0.2, 0.25) is 0 Å². The summed E-state index contributed by atoms with van der Waals surface area (Å²) < 4.78 is 16.5. The van der Waals surface area contributed by atoms with Gasteiger partial charge in [-0.05, 0) is 19.8 Å². The normalized spacial score (nSPS) is 18.2. The molecule has 0 aliphatic heterocycles. The second-order valence-electron chi connectivity index (χ2n) is 3.21. The largest absolute Gasteiger partial charge is 0.385 e. The van der Waals surface area contributed by atoms with E-state index in [2.05, 4.69) is 0 Å². The van der Waals surface area contributed by atoms with E-state index in [9.17, 15) is 4.21 Å². The summed E-state index contributed by atoms with van der Waals surface area (Å²) in [7, 11) is 0.856. The zero-order valence-electron chi connectivity index (χ0n) is 8.79. The predicted octanol–water partition coefficient (Wildman–Crippen LogP) is 0.897. The van der Waals surface area contributed by atoms with Gasteiger partial charge in [0, 0.05) is 41.6 Å². The lowest BCUT2D eigenvalue weighted by Gasteiger charge is -2.17. The topological polar surface area (TPSA) is 52.3 Å². The fourth-order valence-corrected chi connectivity index (χ4v) is 2.41. The van der Waals surface area contributed by atoms with Crippen LogP contribution in [0, 0.1) is 0 Å². The molecule has 0 fully saturated rings. The van der Waals surface area contributed by atoms with Crippen molar-refractivity contribution in [1.82, 2.24) is 0 Å². The third-order valence-corrected chi connectivity index (χ3v) is 4.05. The van der Waals surface area contributed by atoms with Crippen molar-refractivity contribution in [3.63, 3.8) is 0 Å². The van der Waals surface area contributed by atoms with Crippen molar-refractivity contribution in [1.29, 1.82) is 0 Å². The number of hydrogen-bond acceptors (Lipinski definition) is 3. The van der Waals surface area contributed by atoms with Crippen molar-refractivity contribution in [3.8, 4) is 0 Å². The highest BCUT2D eigenvalue weighted by molar-refractivity contribution is 7.85. The molecule has 0 amide bonds. The zero-order chi connectivity index (χ0) is 10.3. The Morgan fingerprint density at radius 2 is 2.15 bits per heavy atom. The van der Waals surface area contributed by atoms with Crippen LogP contribution >= 0.6 is 0 Å². The molecule has 0 saturated heterocycles. The molecule has 0 spiro atoms. The van der Waals surface area contributed by atoms with E-state index in [0.29, 0.717) is 12.4 Å². The fraction of sp³-hybridized carbons (Fsp3) is 1.00. The van der Waals surface area contributed by atoms with Crippen LogP contribution in [-0.4, -0.2) is 35.0 Å². The average molecular weight is 207 g/mol. The Hall–Kier alpha value is 0.0700. The molecule has 0 bridgehead atoms. The lowest BCUT2D eigenvalue weighted by Crippen LogP contribution is -2.35. The van der Waals surface area contributed by atoms with Crippen LogP contribution in [0.3, 0.4) is 0 Å². The Bertz CT molecular complexity index is 153. The Kier molecular flexibility index (Phi) is 7.51. The molecule has 0 rings (SSSR count). The molecule has 0 saturated carbocycles. The van der Waals surface area contributed by atoms with Crippen LogP contribution in [-0.2, 0) is 15.5 Å². The molecule has 3 atom stereocenters. The first-order chi connectivity index (χ1) is 6.13. The molecule has 3 unspecified atom stereocenters. The van der Waals surface area contributed by atoms with Crippen molar-refractivity contribution in [2.24, 2.45) is 5.73 Å². The van der Waals surface area contributed by atoms with Crippen LogP contribution in [0.1, 0.15) is 26.7 Å². The highest BCUT2D eigenvalue weighted by Gasteiger charge is 2.16. The van der Waals surface area contributed by atoms with Gasteiger partial charge in [-0.15, -0.1) is 0 Å². The maximum absolute atomic E-state index is 11.6. The van der Waals surface area contributed by atoms with Crippen molar-refractivity contribution in [3.05, 3.63) is 0 Å². The summed E-state index contributed by atoms with van der Waals surface area (Å²) in [5.74, 6) is 0.697. The smallest absolute Gasteiger partial charge is 0.0471 e. The van der Waals surface area contributed by atoms with Gasteiger partial charge in [0.05, 0.1) is 0 Å². The molecular formula is C9H21NO2S. The number of nitrogens with two attached hydrogens (primary N) is 1. The molecule has 3 nitrogen and oxygen atoms in total. The zero-order valence-corrected chi connectivity index (χ0v) is 9.60. The van der Waals surface area contributed by atoms with Crippen molar-refractivity contribution < 1.29 is 8.95 Å². The second kappa shape index (κ2) is 7.47. The summed E-state index contributed by atoms with van der Waals surface area (Å²) in [4.78, 5) is 0. The first-order valence-corrected chi connectivity index (χ1v) is 6.13. The molecule has 0 aliphatic carbocycles. The lowest BCUT2D eigenvalue weighted by molar-refractivity contribution is 0.200. The average Bonchev–Trinajstić information content (AvgIpc) is 2.15. The van der Waals surface area contributed by atoms with Gasteiger partial charge in [0.2, 0.25) is 0 Å². The Morgan fingerprint density at radius 3 is 2.62 bits per heavy atom. The quantitative estimate of drug-likeness (QED) is 0.631. The van der Waals surface area contributed by atoms with Gasteiger partial charge in [-0.2, -0.15) is 0 Å². The Balaban J connectivity index is 3.69. The molecule has 2 N–H and O–H groups in total. The summed E-state index contributed by atoms with van der Waals surface area (Å²) in [5.41, 5.74) is 5.80. The predicted molar refractivity (Wildman–Crippen MR) is 57.2 cm³/mol. The van der Waals surface area contributed by atoms with E-state index in [1.54, 1.807) is 7.11 Å². The van der Waals surface area contributed by atoms with E-state index in [1.165, 1.54) is 0 Å². The van der Waals surface area contributed by atoms with Gasteiger partial charge in [0.25, 0.3) is 0 Å². The Morgan fingerprint density at radius 1 is 1.54 bits per heavy atom. The standard InChI is InChI=1S/C9H21NO2S/c1-4-9(10)8(2)13(11)7-5-6-12-3/h8-9H,4-7,10H2,1-3H3. The Labute approximate surface area is 83.5 Å². The molecule has 0 heterocycles. The van der Waals surface area contributed by atoms with Crippen molar-refractivity contribution in [2.75, 3.05) is 19.5 Å². The van der Waals surface area contributed by atoms with Crippen molar-refractivity contribution >= 4 is 10.8 Å². The number of hydrogen-bond donors (Lipinski definition) is 1. The maximum atomic E-state index is 11.6. The molecule has 4 heteroatoms. The van der Waals surface area contributed by atoms with E-state index in [-0.39, 0.29) is 11.3 Å². The van der Waals surface area contributed by atoms with Gasteiger partial charge in [0.15, 0.2) is 0 Å². The van der Waals surface area contributed by atoms with Gasteiger partial charge < -0.3 is 10.5 Å². The van der Waals surface area contributed by atoms with Gasteiger partial charge in [-0.25, -0.2) is 0 Å². The number of methoxy groups -OCH3 is 1. The van der Waals surface area contributed by atoms with Gasteiger partial charge in [0.1, 0.15) is 0 Å². The van der Waals surface area contributed by atoms with Crippen LogP contribution in [0.25, 0.3) is 0 Å². The molecule has 0 radical (unpaired) electrons. The number of rotatable bonds is 7. The minimum absolute atomic E-state index is 0.0587. The first kappa shape index (κ1) is 13.1. The molecule has 0 aromatic rings. The molecule has 80 valence electrons. The molecule has 0 aliphatic rings. The van der Waals surface area contributed by atoms with Crippen LogP contribution in [0.4, 0.5) is 0 Å². The minimum atomic E-state index is -0.801. The van der Waals surface area contributed by atoms with E-state index >= 15 is 0 Å². The van der Waals surface area contributed by atoms with Crippen LogP contribution in [0.5, 0.6) is 0 Å². The summed E-state index contributed by atoms with van der Waals surface area (Å²) in [5, 5.41) is 0.0989. The summed E-state index contributed by atoms with van der Waals surface area (Å²) in [6.45, 7) is 4.66. The minimum Gasteiger partial charge on any atom is -0.385 e. The highest BCUT2D eigenvalue weighted by atomic mass is 32.2. The van der Waals surface area contributed by atoms with E-state index < -0.39 is 10.8 Å². The fourth-order valence-electron chi connectivity index (χ4n) is 1.06. The monoisotopic (exact) mass is 207 g/mol. The van der Waals surface area contributed by atoms with Gasteiger partial charge in [-0.1, -0.05) is 6.92 Å². The SMILES string of the molecule is CCC(N)C(C)S(=O)CCCOC. The van der Waals surface area contributed by atoms with E-state index in [4.69, 9.17) is 10.5 Å². The molecule has 0 aromatic heterocycles. The van der Waals surface area contributed by atoms with E-state index in [0.717, 1.165) is 12.8 Å². The number of ether oxygens (including phenoxy) is 1. The molecular weight excluding hydrogens is 186 g/mol.